The Bertz CT molecular complexity index is 1270. The molecular formula is C27H24N2O. The molecule has 0 N–H and O–H groups in total. The van der Waals surface area contributed by atoms with Crippen LogP contribution in [0.3, 0.4) is 0 Å². The molecule has 0 atom stereocenters. The Labute approximate surface area is 176 Å². The molecule has 30 heavy (non-hydrogen) atoms. The molecule has 0 spiro atoms. The molecule has 148 valence electrons. The second-order valence-electron chi connectivity index (χ2n) is 7.56. The van der Waals surface area contributed by atoms with Gasteiger partial charge >= 0.3 is 0 Å². The Morgan fingerprint density at radius 3 is 2.40 bits per heavy atom. The second-order valence-corrected chi connectivity index (χ2v) is 7.56. The van der Waals surface area contributed by atoms with E-state index in [0.717, 1.165) is 36.5 Å². The molecule has 5 aromatic rings. The van der Waals surface area contributed by atoms with Crippen molar-refractivity contribution in [1.29, 1.82) is 0 Å². The van der Waals surface area contributed by atoms with Crippen LogP contribution in [0.1, 0.15) is 17.8 Å². The van der Waals surface area contributed by atoms with Crippen LogP contribution in [0.15, 0.2) is 97.1 Å². The van der Waals surface area contributed by atoms with E-state index < -0.39 is 0 Å². The standard InChI is InChI=1S/C27H24N2O/c1-2-9-21(10-3-1)11-8-18-29-26-15-7-6-14-25(26)28-27(29)20-30-24-17-16-22-12-4-5-13-23(22)19-24/h1-7,9-10,12-17,19H,8,11,18,20H2. The van der Waals surface area contributed by atoms with E-state index >= 15 is 0 Å². The van der Waals surface area contributed by atoms with E-state index in [0.29, 0.717) is 6.61 Å². The Morgan fingerprint density at radius 2 is 1.50 bits per heavy atom. The predicted octanol–water partition coefficient (Wildman–Crippen LogP) is 6.40. The van der Waals surface area contributed by atoms with E-state index in [4.69, 9.17) is 9.72 Å². The summed E-state index contributed by atoms with van der Waals surface area (Å²) in [7, 11) is 0. The lowest BCUT2D eigenvalue weighted by Crippen LogP contribution is -2.08. The third-order valence-electron chi connectivity index (χ3n) is 5.51. The van der Waals surface area contributed by atoms with Gasteiger partial charge in [0.25, 0.3) is 0 Å². The van der Waals surface area contributed by atoms with Crippen LogP contribution in [0.25, 0.3) is 21.8 Å². The Hall–Kier alpha value is -3.59. The number of aromatic nitrogens is 2. The summed E-state index contributed by atoms with van der Waals surface area (Å²) in [6.45, 7) is 1.38. The number of hydrogen-bond donors (Lipinski definition) is 0. The molecule has 1 heterocycles. The molecule has 0 aliphatic carbocycles. The number of para-hydroxylation sites is 2. The van der Waals surface area contributed by atoms with Gasteiger partial charge in [-0.15, -0.1) is 0 Å². The smallest absolute Gasteiger partial charge is 0.147 e. The fraction of sp³-hybridized carbons (Fsp3) is 0.148. The van der Waals surface area contributed by atoms with Crippen LogP contribution in [-0.2, 0) is 19.6 Å². The van der Waals surface area contributed by atoms with Crippen LogP contribution < -0.4 is 4.74 Å². The fourth-order valence-corrected chi connectivity index (χ4v) is 3.98. The first kappa shape index (κ1) is 18.4. The first-order valence-electron chi connectivity index (χ1n) is 10.5. The average molecular weight is 393 g/mol. The third-order valence-corrected chi connectivity index (χ3v) is 5.51. The molecule has 0 amide bonds. The van der Waals surface area contributed by atoms with E-state index in [1.54, 1.807) is 0 Å². The Balaban J connectivity index is 1.35. The highest BCUT2D eigenvalue weighted by atomic mass is 16.5. The molecule has 0 aliphatic rings. The predicted molar refractivity (Wildman–Crippen MR) is 123 cm³/mol. The SMILES string of the molecule is c1ccc(CCCn2c(COc3ccc4ccccc4c3)nc3ccccc32)cc1. The Kier molecular flexibility index (Phi) is 5.17. The summed E-state index contributed by atoms with van der Waals surface area (Å²) in [4.78, 5) is 4.85. The van der Waals surface area contributed by atoms with Crippen LogP contribution >= 0.6 is 0 Å². The summed E-state index contributed by atoms with van der Waals surface area (Å²) in [6.07, 6.45) is 2.12. The van der Waals surface area contributed by atoms with Gasteiger partial charge in [0.1, 0.15) is 18.2 Å². The van der Waals surface area contributed by atoms with Gasteiger partial charge in [0.2, 0.25) is 0 Å². The van der Waals surface area contributed by atoms with Gasteiger partial charge < -0.3 is 9.30 Å². The van der Waals surface area contributed by atoms with Gasteiger partial charge in [-0.05, 0) is 53.4 Å². The van der Waals surface area contributed by atoms with Gasteiger partial charge in [-0.25, -0.2) is 4.98 Å². The highest BCUT2D eigenvalue weighted by molar-refractivity contribution is 5.83. The minimum absolute atomic E-state index is 0.457. The zero-order chi connectivity index (χ0) is 20.2. The van der Waals surface area contributed by atoms with Crippen LogP contribution in [0.5, 0.6) is 5.75 Å². The van der Waals surface area contributed by atoms with Gasteiger partial charge in [0.15, 0.2) is 0 Å². The van der Waals surface area contributed by atoms with E-state index in [-0.39, 0.29) is 0 Å². The van der Waals surface area contributed by atoms with Crippen LogP contribution in [0.4, 0.5) is 0 Å². The second kappa shape index (κ2) is 8.42. The van der Waals surface area contributed by atoms with Crippen molar-refractivity contribution in [1.82, 2.24) is 9.55 Å². The molecule has 0 bridgehead atoms. The maximum absolute atomic E-state index is 6.15. The van der Waals surface area contributed by atoms with Crippen molar-refractivity contribution >= 4 is 21.8 Å². The topological polar surface area (TPSA) is 27.1 Å². The van der Waals surface area contributed by atoms with Crippen LogP contribution in [0, 0.1) is 0 Å². The minimum atomic E-state index is 0.457. The molecule has 0 fully saturated rings. The molecule has 4 aromatic carbocycles. The summed E-state index contributed by atoms with van der Waals surface area (Å²) in [5.41, 5.74) is 3.56. The number of ether oxygens (including phenoxy) is 1. The van der Waals surface area contributed by atoms with E-state index in [9.17, 15) is 0 Å². The lowest BCUT2D eigenvalue weighted by atomic mass is 10.1. The number of fused-ring (bicyclic) bond motifs is 2. The number of aryl methyl sites for hydroxylation is 2. The number of nitrogens with zero attached hydrogens (tertiary/aromatic N) is 2. The highest BCUT2D eigenvalue weighted by Gasteiger charge is 2.11. The first-order valence-corrected chi connectivity index (χ1v) is 10.5. The summed E-state index contributed by atoms with van der Waals surface area (Å²) in [5, 5.41) is 2.41. The summed E-state index contributed by atoms with van der Waals surface area (Å²) in [6, 6.07) is 33.5. The molecule has 0 saturated heterocycles. The van der Waals surface area contributed by atoms with Crippen molar-refractivity contribution in [2.24, 2.45) is 0 Å². The Morgan fingerprint density at radius 1 is 0.733 bits per heavy atom. The zero-order valence-electron chi connectivity index (χ0n) is 16.9. The van der Waals surface area contributed by atoms with E-state index in [1.165, 1.54) is 21.9 Å². The molecule has 0 aliphatic heterocycles. The average Bonchev–Trinajstić information content (AvgIpc) is 3.16. The molecule has 0 saturated carbocycles. The molecule has 3 heteroatoms. The number of benzene rings is 4. The molecule has 1 aromatic heterocycles. The zero-order valence-corrected chi connectivity index (χ0v) is 16.9. The minimum Gasteiger partial charge on any atom is -0.486 e. The van der Waals surface area contributed by atoms with Gasteiger partial charge in [0.05, 0.1) is 11.0 Å². The van der Waals surface area contributed by atoms with E-state index in [1.807, 2.05) is 12.1 Å². The van der Waals surface area contributed by atoms with E-state index in [2.05, 4.69) is 89.5 Å². The molecule has 0 unspecified atom stereocenters. The largest absolute Gasteiger partial charge is 0.486 e. The number of rotatable bonds is 7. The molecule has 0 radical (unpaired) electrons. The molecular weight excluding hydrogens is 368 g/mol. The van der Waals surface area contributed by atoms with Crippen molar-refractivity contribution in [2.45, 2.75) is 26.0 Å². The lowest BCUT2D eigenvalue weighted by molar-refractivity contribution is 0.290. The lowest BCUT2D eigenvalue weighted by Gasteiger charge is -2.11. The third kappa shape index (κ3) is 3.92. The summed E-state index contributed by atoms with van der Waals surface area (Å²) in [5.74, 6) is 1.84. The van der Waals surface area contributed by atoms with Crippen molar-refractivity contribution in [3.63, 3.8) is 0 Å². The van der Waals surface area contributed by atoms with Gasteiger partial charge in [-0.2, -0.15) is 0 Å². The van der Waals surface area contributed by atoms with Crippen LogP contribution in [0.2, 0.25) is 0 Å². The maximum Gasteiger partial charge on any atom is 0.147 e. The van der Waals surface area contributed by atoms with Crippen molar-refractivity contribution in [2.75, 3.05) is 0 Å². The first-order chi connectivity index (χ1) is 14.9. The molecule has 5 rings (SSSR count). The van der Waals surface area contributed by atoms with Crippen LogP contribution in [-0.4, -0.2) is 9.55 Å². The van der Waals surface area contributed by atoms with Crippen molar-refractivity contribution in [3.05, 3.63) is 108 Å². The van der Waals surface area contributed by atoms with Gasteiger partial charge in [-0.1, -0.05) is 72.8 Å². The fourth-order valence-electron chi connectivity index (χ4n) is 3.98. The normalized spacial score (nSPS) is 11.2. The summed E-state index contributed by atoms with van der Waals surface area (Å²) >= 11 is 0. The monoisotopic (exact) mass is 392 g/mol. The highest BCUT2D eigenvalue weighted by Crippen LogP contribution is 2.23. The maximum atomic E-state index is 6.15. The van der Waals surface area contributed by atoms with Gasteiger partial charge in [0, 0.05) is 6.54 Å². The van der Waals surface area contributed by atoms with Gasteiger partial charge in [-0.3, -0.25) is 0 Å². The quantitative estimate of drug-likeness (QED) is 0.320. The van der Waals surface area contributed by atoms with Crippen molar-refractivity contribution < 1.29 is 4.74 Å². The number of hydrogen-bond acceptors (Lipinski definition) is 2. The number of imidazole rings is 1. The van der Waals surface area contributed by atoms with Crippen molar-refractivity contribution in [3.8, 4) is 5.75 Å². The molecule has 3 nitrogen and oxygen atoms in total. The summed E-state index contributed by atoms with van der Waals surface area (Å²) < 4.78 is 8.46.